The zero-order valence-electron chi connectivity index (χ0n) is 9.51. The van der Waals surface area contributed by atoms with Gasteiger partial charge in [0.05, 0.1) is 0 Å². The molecule has 0 aromatic heterocycles. The molecular formula is C13H17ClO. The predicted molar refractivity (Wildman–Crippen MR) is 64.4 cm³/mol. The van der Waals surface area contributed by atoms with E-state index in [9.17, 15) is 4.79 Å². The number of carbonyl (C=O) groups excluding carboxylic acids is 1. The first kappa shape index (κ1) is 12.3. The van der Waals surface area contributed by atoms with Crippen LogP contribution in [-0.4, -0.2) is 5.78 Å². The van der Waals surface area contributed by atoms with Gasteiger partial charge in [-0.05, 0) is 30.5 Å². The van der Waals surface area contributed by atoms with Crippen molar-refractivity contribution in [3.8, 4) is 0 Å². The second kappa shape index (κ2) is 5.32. The van der Waals surface area contributed by atoms with E-state index in [0.29, 0.717) is 12.2 Å². The number of hydrogen-bond donors (Lipinski definition) is 0. The molecule has 1 nitrogen and oxygen atoms in total. The first-order valence-electron chi connectivity index (χ1n) is 5.28. The summed E-state index contributed by atoms with van der Waals surface area (Å²) < 4.78 is 0. The van der Waals surface area contributed by atoms with E-state index in [-0.39, 0.29) is 5.92 Å². The van der Waals surface area contributed by atoms with Gasteiger partial charge in [0, 0.05) is 17.4 Å². The molecule has 1 aromatic rings. The summed E-state index contributed by atoms with van der Waals surface area (Å²) in [6, 6.07) is 5.98. The minimum absolute atomic E-state index is 0.130. The Kier molecular flexibility index (Phi) is 4.34. The van der Waals surface area contributed by atoms with E-state index in [4.69, 9.17) is 11.6 Å². The van der Waals surface area contributed by atoms with Gasteiger partial charge in [-0.3, -0.25) is 4.79 Å². The molecule has 0 heterocycles. The first-order valence-corrected chi connectivity index (χ1v) is 5.66. The molecule has 0 N–H and O–H groups in total. The summed E-state index contributed by atoms with van der Waals surface area (Å²) in [7, 11) is 0. The lowest BCUT2D eigenvalue weighted by molar-refractivity contribution is -0.121. The van der Waals surface area contributed by atoms with Crippen molar-refractivity contribution in [2.45, 2.75) is 33.6 Å². The van der Waals surface area contributed by atoms with E-state index in [0.717, 1.165) is 22.6 Å². The Hall–Kier alpha value is -0.820. The molecule has 0 unspecified atom stereocenters. The van der Waals surface area contributed by atoms with E-state index in [2.05, 4.69) is 0 Å². The predicted octanol–water partition coefficient (Wildman–Crippen LogP) is 3.81. The smallest absolute Gasteiger partial charge is 0.135 e. The normalized spacial score (nSPS) is 10.7. The van der Waals surface area contributed by atoms with Gasteiger partial charge < -0.3 is 0 Å². The molecule has 0 spiro atoms. The summed E-state index contributed by atoms with van der Waals surface area (Å²) in [6.45, 7) is 5.85. The molecule has 0 radical (unpaired) electrons. The number of aryl methyl sites for hydroxylation is 2. The van der Waals surface area contributed by atoms with Crippen molar-refractivity contribution in [3.63, 3.8) is 0 Å². The molecular weight excluding hydrogens is 208 g/mol. The third kappa shape index (κ3) is 3.67. The lowest BCUT2D eigenvalue weighted by Crippen LogP contribution is -2.07. The highest BCUT2D eigenvalue weighted by Gasteiger charge is 2.07. The summed E-state index contributed by atoms with van der Waals surface area (Å²) in [5.41, 5.74) is 2.22. The van der Waals surface area contributed by atoms with Gasteiger partial charge in [0.25, 0.3) is 0 Å². The van der Waals surface area contributed by atoms with Crippen molar-refractivity contribution in [2.24, 2.45) is 5.92 Å². The Bertz CT molecular complexity index is 356. The molecule has 0 atom stereocenters. The van der Waals surface area contributed by atoms with Crippen LogP contribution in [0.25, 0.3) is 0 Å². The fourth-order valence-corrected chi connectivity index (χ4v) is 1.55. The van der Waals surface area contributed by atoms with Crippen LogP contribution in [0.3, 0.4) is 0 Å². The topological polar surface area (TPSA) is 17.1 Å². The standard InChI is InChI=1S/C13H17ClO/c1-9(2)13(15)7-6-11-5-4-10(3)12(14)8-11/h4-5,8-9H,6-7H2,1-3H3. The summed E-state index contributed by atoms with van der Waals surface area (Å²) in [4.78, 5) is 11.4. The molecule has 0 aliphatic carbocycles. The lowest BCUT2D eigenvalue weighted by Gasteiger charge is -2.05. The summed E-state index contributed by atoms with van der Waals surface area (Å²) >= 11 is 6.01. The average molecular weight is 225 g/mol. The van der Waals surface area contributed by atoms with Crippen LogP contribution in [-0.2, 0) is 11.2 Å². The number of ketones is 1. The van der Waals surface area contributed by atoms with Gasteiger partial charge in [-0.25, -0.2) is 0 Å². The van der Waals surface area contributed by atoms with E-state index < -0.39 is 0 Å². The molecule has 0 aliphatic heterocycles. The average Bonchev–Trinajstić information content (AvgIpc) is 2.19. The minimum atomic E-state index is 0.130. The molecule has 0 saturated heterocycles. The van der Waals surface area contributed by atoms with Crippen molar-refractivity contribution >= 4 is 17.4 Å². The Morgan fingerprint density at radius 3 is 2.60 bits per heavy atom. The SMILES string of the molecule is Cc1ccc(CCC(=O)C(C)C)cc1Cl. The molecule has 1 rings (SSSR count). The molecule has 82 valence electrons. The van der Waals surface area contributed by atoms with Crippen molar-refractivity contribution in [2.75, 3.05) is 0 Å². The van der Waals surface area contributed by atoms with E-state index >= 15 is 0 Å². The molecule has 1 aromatic carbocycles. The minimum Gasteiger partial charge on any atom is -0.299 e. The Morgan fingerprint density at radius 1 is 1.40 bits per heavy atom. The number of Topliss-reactive ketones (excluding diaryl/α,β-unsaturated/α-hetero) is 1. The van der Waals surface area contributed by atoms with Crippen LogP contribution in [0.15, 0.2) is 18.2 Å². The van der Waals surface area contributed by atoms with Crippen molar-refractivity contribution in [3.05, 3.63) is 34.3 Å². The van der Waals surface area contributed by atoms with Gasteiger partial charge in [-0.1, -0.05) is 37.6 Å². The van der Waals surface area contributed by atoms with Crippen molar-refractivity contribution < 1.29 is 4.79 Å². The van der Waals surface area contributed by atoms with Crippen LogP contribution < -0.4 is 0 Å². The Morgan fingerprint density at radius 2 is 2.07 bits per heavy atom. The maximum Gasteiger partial charge on any atom is 0.135 e. The third-order valence-electron chi connectivity index (χ3n) is 2.54. The lowest BCUT2D eigenvalue weighted by atomic mass is 10.0. The van der Waals surface area contributed by atoms with Gasteiger partial charge >= 0.3 is 0 Å². The van der Waals surface area contributed by atoms with Crippen LogP contribution in [0.5, 0.6) is 0 Å². The molecule has 15 heavy (non-hydrogen) atoms. The first-order chi connectivity index (χ1) is 7.00. The fraction of sp³-hybridized carbons (Fsp3) is 0.462. The van der Waals surface area contributed by atoms with Gasteiger partial charge in [-0.2, -0.15) is 0 Å². The second-order valence-corrected chi connectivity index (χ2v) is 4.61. The molecule has 0 fully saturated rings. The maximum atomic E-state index is 11.4. The quantitative estimate of drug-likeness (QED) is 0.760. The maximum absolute atomic E-state index is 11.4. The van der Waals surface area contributed by atoms with Gasteiger partial charge in [0.1, 0.15) is 5.78 Å². The molecule has 0 amide bonds. The molecule has 2 heteroatoms. The van der Waals surface area contributed by atoms with Crippen LogP contribution in [0, 0.1) is 12.8 Å². The third-order valence-corrected chi connectivity index (χ3v) is 2.95. The van der Waals surface area contributed by atoms with Gasteiger partial charge in [0.15, 0.2) is 0 Å². The highest BCUT2D eigenvalue weighted by molar-refractivity contribution is 6.31. The van der Waals surface area contributed by atoms with E-state index in [1.807, 2.05) is 39.0 Å². The summed E-state index contributed by atoms with van der Waals surface area (Å²) in [5.74, 6) is 0.442. The monoisotopic (exact) mass is 224 g/mol. The van der Waals surface area contributed by atoms with Gasteiger partial charge in [0.2, 0.25) is 0 Å². The number of rotatable bonds is 4. The van der Waals surface area contributed by atoms with Crippen LogP contribution in [0.1, 0.15) is 31.4 Å². The zero-order chi connectivity index (χ0) is 11.4. The molecule has 0 saturated carbocycles. The van der Waals surface area contributed by atoms with Crippen molar-refractivity contribution in [1.82, 2.24) is 0 Å². The van der Waals surface area contributed by atoms with Gasteiger partial charge in [-0.15, -0.1) is 0 Å². The molecule has 0 aliphatic rings. The van der Waals surface area contributed by atoms with Crippen LogP contribution >= 0.6 is 11.6 Å². The number of carbonyl (C=O) groups is 1. The molecule has 0 bridgehead atoms. The summed E-state index contributed by atoms with van der Waals surface area (Å²) in [6.07, 6.45) is 1.40. The number of hydrogen-bond acceptors (Lipinski definition) is 1. The van der Waals surface area contributed by atoms with E-state index in [1.165, 1.54) is 0 Å². The van der Waals surface area contributed by atoms with Crippen molar-refractivity contribution in [1.29, 1.82) is 0 Å². The zero-order valence-corrected chi connectivity index (χ0v) is 10.3. The Labute approximate surface area is 96.5 Å². The van der Waals surface area contributed by atoms with E-state index in [1.54, 1.807) is 0 Å². The number of halogens is 1. The number of benzene rings is 1. The van der Waals surface area contributed by atoms with Crippen LogP contribution in [0.2, 0.25) is 5.02 Å². The second-order valence-electron chi connectivity index (χ2n) is 4.20. The highest BCUT2D eigenvalue weighted by atomic mass is 35.5. The highest BCUT2D eigenvalue weighted by Crippen LogP contribution is 2.18. The van der Waals surface area contributed by atoms with Crippen LogP contribution in [0.4, 0.5) is 0 Å². The summed E-state index contributed by atoms with van der Waals surface area (Å²) in [5, 5.41) is 0.782. The fourth-order valence-electron chi connectivity index (χ4n) is 1.35. The largest absolute Gasteiger partial charge is 0.299 e. The Balaban J connectivity index is 2.58.